The van der Waals surface area contributed by atoms with Crippen LogP contribution in [0.5, 0.6) is 5.75 Å². The number of nitrogens with one attached hydrogen (secondary N) is 2. The largest absolute Gasteiger partial charge is 0.473 e. The Hall–Kier alpha value is -2.56. The summed E-state index contributed by atoms with van der Waals surface area (Å²) in [6, 6.07) is 13.2. The average molecular weight is 299 g/mol. The molecule has 5 heteroatoms. The van der Waals surface area contributed by atoms with Gasteiger partial charge in [0.1, 0.15) is 5.75 Å². The number of pyridine rings is 1. The molecule has 0 bridgehead atoms. The first-order valence-corrected chi connectivity index (χ1v) is 7.41. The van der Waals surface area contributed by atoms with E-state index in [1.54, 1.807) is 6.20 Å². The van der Waals surface area contributed by atoms with E-state index in [0.717, 1.165) is 24.3 Å². The fourth-order valence-corrected chi connectivity index (χ4v) is 1.96. The van der Waals surface area contributed by atoms with Crippen molar-refractivity contribution in [3.63, 3.8) is 0 Å². The third kappa shape index (κ3) is 5.44. The molecule has 2 rings (SSSR count). The molecule has 1 heterocycles. The lowest BCUT2D eigenvalue weighted by atomic mass is 10.1. The predicted octanol–water partition coefficient (Wildman–Crippen LogP) is 2.87. The van der Waals surface area contributed by atoms with Crippen LogP contribution in [0.1, 0.15) is 24.6 Å². The number of urea groups is 1. The summed E-state index contributed by atoms with van der Waals surface area (Å²) in [5, 5.41) is 5.36. The van der Waals surface area contributed by atoms with Crippen molar-refractivity contribution in [1.82, 2.24) is 15.6 Å². The van der Waals surface area contributed by atoms with Crippen LogP contribution in [0, 0.1) is 0 Å². The zero-order valence-electron chi connectivity index (χ0n) is 12.7. The third-order valence-corrected chi connectivity index (χ3v) is 3.09. The lowest BCUT2D eigenvalue weighted by Gasteiger charge is -2.09. The number of hydrogen-bond donors (Lipinski definition) is 2. The van der Waals surface area contributed by atoms with Gasteiger partial charge in [0.15, 0.2) is 6.73 Å². The van der Waals surface area contributed by atoms with Crippen molar-refractivity contribution in [2.75, 3.05) is 6.73 Å². The number of amides is 2. The Morgan fingerprint density at radius 1 is 1.14 bits per heavy atom. The molecule has 0 saturated heterocycles. The van der Waals surface area contributed by atoms with Crippen LogP contribution in [0.15, 0.2) is 48.7 Å². The van der Waals surface area contributed by atoms with Crippen molar-refractivity contribution in [2.24, 2.45) is 0 Å². The summed E-state index contributed by atoms with van der Waals surface area (Å²) in [5.41, 5.74) is 2.10. The first-order chi connectivity index (χ1) is 10.8. The molecule has 22 heavy (non-hydrogen) atoms. The van der Waals surface area contributed by atoms with Crippen LogP contribution in [0.4, 0.5) is 4.79 Å². The minimum atomic E-state index is -0.284. The van der Waals surface area contributed by atoms with Crippen molar-refractivity contribution in [3.8, 4) is 5.75 Å². The molecule has 5 nitrogen and oxygen atoms in total. The number of rotatable bonds is 7. The van der Waals surface area contributed by atoms with Gasteiger partial charge in [-0.05, 0) is 36.2 Å². The Bertz CT molecular complexity index is 570. The van der Waals surface area contributed by atoms with E-state index in [0.29, 0.717) is 6.54 Å². The maximum absolute atomic E-state index is 11.6. The number of carbonyl (C=O) groups excluding carboxylic acids is 1. The SMILES string of the molecule is CCCc1ccc(OCNC(=O)NCc2ccccn2)cc1. The van der Waals surface area contributed by atoms with Crippen molar-refractivity contribution in [2.45, 2.75) is 26.3 Å². The Labute approximate surface area is 130 Å². The van der Waals surface area contributed by atoms with Crippen LogP contribution in [-0.2, 0) is 13.0 Å². The van der Waals surface area contributed by atoms with Gasteiger partial charge in [-0.15, -0.1) is 0 Å². The Kier molecular flexibility index (Phi) is 6.23. The summed E-state index contributed by atoms with van der Waals surface area (Å²) < 4.78 is 5.47. The summed E-state index contributed by atoms with van der Waals surface area (Å²) in [6.45, 7) is 2.66. The van der Waals surface area contributed by atoms with Crippen molar-refractivity contribution in [3.05, 3.63) is 59.9 Å². The van der Waals surface area contributed by atoms with E-state index >= 15 is 0 Å². The van der Waals surface area contributed by atoms with Gasteiger partial charge in [0.05, 0.1) is 12.2 Å². The van der Waals surface area contributed by atoms with E-state index in [1.807, 2.05) is 42.5 Å². The summed E-state index contributed by atoms with van der Waals surface area (Å²) in [4.78, 5) is 15.7. The molecular weight excluding hydrogens is 278 g/mol. The van der Waals surface area contributed by atoms with Gasteiger partial charge in [-0.25, -0.2) is 4.79 Å². The van der Waals surface area contributed by atoms with E-state index < -0.39 is 0 Å². The third-order valence-electron chi connectivity index (χ3n) is 3.09. The fraction of sp³-hybridized carbons (Fsp3) is 0.294. The molecule has 2 aromatic rings. The normalized spacial score (nSPS) is 10.0. The van der Waals surface area contributed by atoms with Gasteiger partial charge >= 0.3 is 6.03 Å². The zero-order chi connectivity index (χ0) is 15.6. The lowest BCUT2D eigenvalue weighted by Crippen LogP contribution is -2.37. The number of ether oxygens (including phenoxy) is 1. The molecule has 0 saturated carbocycles. The van der Waals surface area contributed by atoms with Crippen molar-refractivity contribution >= 4 is 6.03 Å². The van der Waals surface area contributed by atoms with Crippen LogP contribution in [0.2, 0.25) is 0 Å². The standard InChI is InChI=1S/C17H21N3O2/c1-2-5-14-7-9-16(10-8-14)22-13-20-17(21)19-12-15-6-3-4-11-18-15/h3-4,6-11H,2,5,12-13H2,1H3,(H2,19,20,21). The van der Waals surface area contributed by atoms with Crippen LogP contribution in [-0.4, -0.2) is 17.7 Å². The second kappa shape index (κ2) is 8.67. The minimum absolute atomic E-state index is 0.126. The molecule has 0 atom stereocenters. The molecule has 0 spiro atoms. The summed E-state index contributed by atoms with van der Waals surface area (Å²) in [7, 11) is 0. The van der Waals surface area contributed by atoms with Gasteiger partial charge in [-0.1, -0.05) is 31.5 Å². The van der Waals surface area contributed by atoms with E-state index in [4.69, 9.17) is 4.74 Å². The van der Waals surface area contributed by atoms with Crippen LogP contribution < -0.4 is 15.4 Å². The van der Waals surface area contributed by atoms with Gasteiger partial charge in [-0.2, -0.15) is 0 Å². The quantitative estimate of drug-likeness (QED) is 0.773. The van der Waals surface area contributed by atoms with Gasteiger partial charge in [-0.3, -0.25) is 4.98 Å². The Morgan fingerprint density at radius 3 is 2.64 bits per heavy atom. The summed E-state index contributed by atoms with van der Waals surface area (Å²) in [5.74, 6) is 0.741. The first-order valence-electron chi connectivity index (χ1n) is 7.41. The number of aryl methyl sites for hydroxylation is 1. The monoisotopic (exact) mass is 299 g/mol. The number of aromatic nitrogens is 1. The first kappa shape index (κ1) is 15.8. The molecule has 0 fully saturated rings. The highest BCUT2D eigenvalue weighted by atomic mass is 16.5. The lowest BCUT2D eigenvalue weighted by molar-refractivity contribution is 0.223. The topological polar surface area (TPSA) is 63.2 Å². The van der Waals surface area contributed by atoms with Gasteiger partial charge in [0.2, 0.25) is 0 Å². The van der Waals surface area contributed by atoms with E-state index in [1.165, 1.54) is 5.56 Å². The second-order valence-corrected chi connectivity index (χ2v) is 4.86. The van der Waals surface area contributed by atoms with E-state index in [9.17, 15) is 4.79 Å². The molecule has 1 aromatic heterocycles. The Morgan fingerprint density at radius 2 is 1.95 bits per heavy atom. The molecule has 0 aliphatic heterocycles. The molecule has 1 aromatic carbocycles. The number of nitrogens with zero attached hydrogens (tertiary/aromatic N) is 1. The van der Waals surface area contributed by atoms with Crippen LogP contribution >= 0.6 is 0 Å². The molecule has 0 unspecified atom stereocenters. The number of carbonyl (C=O) groups is 1. The molecule has 0 radical (unpaired) electrons. The van der Waals surface area contributed by atoms with E-state index in [-0.39, 0.29) is 12.8 Å². The predicted molar refractivity (Wildman–Crippen MR) is 85.5 cm³/mol. The zero-order valence-corrected chi connectivity index (χ0v) is 12.7. The van der Waals surface area contributed by atoms with Crippen LogP contribution in [0.25, 0.3) is 0 Å². The molecular formula is C17H21N3O2. The van der Waals surface area contributed by atoms with Crippen LogP contribution in [0.3, 0.4) is 0 Å². The molecule has 0 aliphatic rings. The van der Waals surface area contributed by atoms with E-state index in [2.05, 4.69) is 22.5 Å². The number of hydrogen-bond acceptors (Lipinski definition) is 3. The maximum Gasteiger partial charge on any atom is 0.317 e. The summed E-state index contributed by atoms with van der Waals surface area (Å²) >= 11 is 0. The molecule has 0 aliphatic carbocycles. The number of benzene rings is 1. The van der Waals surface area contributed by atoms with Gasteiger partial charge in [0, 0.05) is 6.20 Å². The highest BCUT2D eigenvalue weighted by Crippen LogP contribution is 2.12. The fourth-order valence-electron chi connectivity index (χ4n) is 1.96. The van der Waals surface area contributed by atoms with Gasteiger partial charge < -0.3 is 15.4 Å². The smallest absolute Gasteiger partial charge is 0.317 e. The Balaban J connectivity index is 1.66. The molecule has 116 valence electrons. The second-order valence-electron chi connectivity index (χ2n) is 4.86. The molecule has 2 amide bonds. The maximum atomic E-state index is 11.6. The summed E-state index contributed by atoms with van der Waals surface area (Å²) in [6.07, 6.45) is 3.88. The van der Waals surface area contributed by atoms with Gasteiger partial charge in [0.25, 0.3) is 0 Å². The molecule has 2 N–H and O–H groups in total. The van der Waals surface area contributed by atoms with Crippen molar-refractivity contribution < 1.29 is 9.53 Å². The highest BCUT2D eigenvalue weighted by molar-refractivity contribution is 5.73. The highest BCUT2D eigenvalue weighted by Gasteiger charge is 2.01. The average Bonchev–Trinajstić information content (AvgIpc) is 2.56. The van der Waals surface area contributed by atoms with Crippen molar-refractivity contribution in [1.29, 1.82) is 0 Å². The minimum Gasteiger partial charge on any atom is -0.473 e.